The highest BCUT2D eigenvalue weighted by molar-refractivity contribution is 6.42. The van der Waals surface area contributed by atoms with Crippen molar-refractivity contribution >= 4 is 28.9 Å². The van der Waals surface area contributed by atoms with Gasteiger partial charge in [0, 0.05) is 24.5 Å². The number of aromatic nitrogens is 1. The molecule has 0 saturated heterocycles. The summed E-state index contributed by atoms with van der Waals surface area (Å²) in [5.41, 5.74) is 7.92. The summed E-state index contributed by atoms with van der Waals surface area (Å²) in [4.78, 5) is 3.99. The fourth-order valence-corrected chi connectivity index (χ4v) is 1.96. The standard InChI is InChI=1S/C13H12Cl2N2O/c14-10-2-1-8(5-11(10)15)13(18)6-9-7-17-4-3-12(9)16/h1-5,7,13,18H,6H2,(H2,16,17). The van der Waals surface area contributed by atoms with E-state index in [1.165, 1.54) is 0 Å². The Balaban J connectivity index is 2.19. The van der Waals surface area contributed by atoms with Crippen LogP contribution in [0.4, 0.5) is 5.69 Å². The number of nitrogens with two attached hydrogens (primary N) is 1. The van der Waals surface area contributed by atoms with Crippen LogP contribution in [0.5, 0.6) is 0 Å². The molecule has 0 aliphatic rings. The molecule has 1 aromatic heterocycles. The molecular weight excluding hydrogens is 271 g/mol. The lowest BCUT2D eigenvalue weighted by molar-refractivity contribution is 0.178. The van der Waals surface area contributed by atoms with E-state index in [2.05, 4.69) is 4.98 Å². The molecule has 1 heterocycles. The fourth-order valence-electron chi connectivity index (χ4n) is 1.65. The minimum atomic E-state index is -0.689. The molecule has 0 spiro atoms. The van der Waals surface area contributed by atoms with E-state index in [-0.39, 0.29) is 0 Å². The van der Waals surface area contributed by atoms with Crippen molar-refractivity contribution in [1.29, 1.82) is 0 Å². The Morgan fingerprint density at radius 2 is 2.00 bits per heavy atom. The SMILES string of the molecule is Nc1ccncc1CC(O)c1ccc(Cl)c(Cl)c1. The van der Waals surface area contributed by atoms with Crippen molar-refractivity contribution in [2.45, 2.75) is 12.5 Å². The highest BCUT2D eigenvalue weighted by atomic mass is 35.5. The van der Waals surface area contributed by atoms with E-state index in [4.69, 9.17) is 28.9 Å². The smallest absolute Gasteiger partial charge is 0.0832 e. The van der Waals surface area contributed by atoms with Crippen LogP contribution in [0.25, 0.3) is 0 Å². The summed E-state index contributed by atoms with van der Waals surface area (Å²) in [5, 5.41) is 11.0. The molecule has 2 aromatic rings. The maximum absolute atomic E-state index is 10.1. The van der Waals surface area contributed by atoms with Gasteiger partial charge in [-0.15, -0.1) is 0 Å². The third kappa shape index (κ3) is 2.93. The van der Waals surface area contributed by atoms with E-state index < -0.39 is 6.10 Å². The van der Waals surface area contributed by atoms with Crippen LogP contribution in [-0.2, 0) is 6.42 Å². The number of nitrogen functional groups attached to an aromatic ring is 1. The fraction of sp³-hybridized carbons (Fsp3) is 0.154. The van der Waals surface area contributed by atoms with E-state index in [0.29, 0.717) is 27.7 Å². The Hall–Kier alpha value is -1.29. The lowest BCUT2D eigenvalue weighted by Crippen LogP contribution is -2.04. The lowest BCUT2D eigenvalue weighted by atomic mass is 10.0. The number of aliphatic hydroxyl groups is 1. The Morgan fingerprint density at radius 1 is 1.22 bits per heavy atom. The number of aliphatic hydroxyl groups excluding tert-OH is 1. The monoisotopic (exact) mass is 282 g/mol. The molecule has 0 amide bonds. The van der Waals surface area contributed by atoms with Crippen LogP contribution in [0, 0.1) is 0 Å². The van der Waals surface area contributed by atoms with Crippen LogP contribution in [0.1, 0.15) is 17.2 Å². The molecule has 1 atom stereocenters. The van der Waals surface area contributed by atoms with Crippen LogP contribution in [0.3, 0.4) is 0 Å². The van der Waals surface area contributed by atoms with Crippen molar-refractivity contribution in [1.82, 2.24) is 4.98 Å². The van der Waals surface area contributed by atoms with Gasteiger partial charge in [0.05, 0.1) is 16.1 Å². The minimum absolute atomic E-state index is 0.387. The van der Waals surface area contributed by atoms with Gasteiger partial charge in [-0.2, -0.15) is 0 Å². The first-order valence-corrected chi connectivity index (χ1v) is 6.15. The third-order valence-corrected chi connectivity index (χ3v) is 3.42. The van der Waals surface area contributed by atoms with Crippen LogP contribution in [0.2, 0.25) is 10.0 Å². The van der Waals surface area contributed by atoms with Gasteiger partial charge in [-0.05, 0) is 29.3 Å². The Morgan fingerprint density at radius 3 is 2.67 bits per heavy atom. The van der Waals surface area contributed by atoms with Crippen LogP contribution in [-0.4, -0.2) is 10.1 Å². The van der Waals surface area contributed by atoms with Crippen molar-refractivity contribution in [2.75, 3.05) is 5.73 Å². The number of benzene rings is 1. The average molecular weight is 283 g/mol. The summed E-state index contributed by atoms with van der Waals surface area (Å²) < 4.78 is 0. The summed E-state index contributed by atoms with van der Waals surface area (Å²) in [6.07, 6.45) is 2.96. The van der Waals surface area contributed by atoms with Gasteiger partial charge < -0.3 is 10.8 Å². The summed E-state index contributed by atoms with van der Waals surface area (Å²) >= 11 is 11.7. The van der Waals surface area contributed by atoms with Gasteiger partial charge in [0.25, 0.3) is 0 Å². The maximum atomic E-state index is 10.1. The number of hydrogen-bond acceptors (Lipinski definition) is 3. The lowest BCUT2D eigenvalue weighted by Gasteiger charge is -2.13. The second-order valence-corrected chi connectivity index (χ2v) is 4.78. The zero-order valence-corrected chi connectivity index (χ0v) is 11.0. The van der Waals surface area contributed by atoms with Gasteiger partial charge in [-0.25, -0.2) is 0 Å². The highest BCUT2D eigenvalue weighted by Gasteiger charge is 2.12. The second-order valence-electron chi connectivity index (χ2n) is 3.97. The summed E-state index contributed by atoms with van der Waals surface area (Å²) in [7, 11) is 0. The summed E-state index contributed by atoms with van der Waals surface area (Å²) in [6, 6.07) is 6.76. The summed E-state index contributed by atoms with van der Waals surface area (Å²) in [6.45, 7) is 0. The second kappa shape index (κ2) is 5.57. The molecule has 0 radical (unpaired) electrons. The van der Waals surface area contributed by atoms with Crippen molar-refractivity contribution < 1.29 is 5.11 Å². The minimum Gasteiger partial charge on any atom is -0.398 e. The van der Waals surface area contributed by atoms with Gasteiger partial charge in [0.15, 0.2) is 0 Å². The van der Waals surface area contributed by atoms with Crippen molar-refractivity contribution in [2.24, 2.45) is 0 Å². The van der Waals surface area contributed by atoms with E-state index in [9.17, 15) is 5.11 Å². The molecule has 0 saturated carbocycles. The number of nitrogens with zero attached hydrogens (tertiary/aromatic N) is 1. The normalized spacial score (nSPS) is 12.4. The molecule has 18 heavy (non-hydrogen) atoms. The van der Waals surface area contributed by atoms with Crippen LogP contribution >= 0.6 is 23.2 Å². The van der Waals surface area contributed by atoms with Gasteiger partial charge in [-0.1, -0.05) is 29.3 Å². The van der Waals surface area contributed by atoms with Crippen LogP contribution < -0.4 is 5.73 Å². The number of halogens is 2. The van der Waals surface area contributed by atoms with E-state index in [1.54, 1.807) is 36.7 Å². The highest BCUT2D eigenvalue weighted by Crippen LogP contribution is 2.27. The molecule has 1 unspecified atom stereocenters. The van der Waals surface area contributed by atoms with Crippen molar-refractivity contribution in [3.05, 3.63) is 57.8 Å². The number of hydrogen-bond donors (Lipinski definition) is 2. The molecule has 0 aliphatic heterocycles. The largest absolute Gasteiger partial charge is 0.398 e. The Bertz CT molecular complexity index is 560. The predicted molar refractivity (Wildman–Crippen MR) is 73.8 cm³/mol. The topological polar surface area (TPSA) is 59.1 Å². The Kier molecular flexibility index (Phi) is 4.07. The van der Waals surface area contributed by atoms with Crippen LogP contribution in [0.15, 0.2) is 36.7 Å². The zero-order chi connectivity index (χ0) is 13.1. The van der Waals surface area contributed by atoms with Gasteiger partial charge in [0.2, 0.25) is 0 Å². The predicted octanol–water partition coefficient (Wildman–Crippen LogP) is 3.25. The van der Waals surface area contributed by atoms with Crippen molar-refractivity contribution in [3.8, 4) is 0 Å². The molecule has 3 nitrogen and oxygen atoms in total. The van der Waals surface area contributed by atoms with Gasteiger partial charge in [0.1, 0.15) is 0 Å². The molecule has 94 valence electrons. The van der Waals surface area contributed by atoms with E-state index in [0.717, 1.165) is 5.56 Å². The van der Waals surface area contributed by atoms with Gasteiger partial charge in [-0.3, -0.25) is 4.98 Å². The van der Waals surface area contributed by atoms with E-state index >= 15 is 0 Å². The number of rotatable bonds is 3. The molecular formula is C13H12Cl2N2O. The molecule has 5 heteroatoms. The van der Waals surface area contributed by atoms with E-state index in [1.807, 2.05) is 0 Å². The third-order valence-electron chi connectivity index (χ3n) is 2.68. The molecule has 0 bridgehead atoms. The Labute approximate surface area is 115 Å². The zero-order valence-electron chi connectivity index (χ0n) is 9.48. The maximum Gasteiger partial charge on any atom is 0.0832 e. The first kappa shape index (κ1) is 13.1. The molecule has 2 rings (SSSR count). The molecule has 0 aliphatic carbocycles. The molecule has 3 N–H and O–H groups in total. The number of pyridine rings is 1. The summed E-state index contributed by atoms with van der Waals surface area (Å²) in [5.74, 6) is 0. The van der Waals surface area contributed by atoms with Gasteiger partial charge >= 0.3 is 0 Å². The average Bonchev–Trinajstić information content (AvgIpc) is 2.35. The first-order valence-electron chi connectivity index (χ1n) is 5.39. The quantitative estimate of drug-likeness (QED) is 0.909. The molecule has 1 aromatic carbocycles. The molecule has 0 fully saturated rings. The number of anilines is 1. The first-order chi connectivity index (χ1) is 8.58. The van der Waals surface area contributed by atoms with Crippen molar-refractivity contribution in [3.63, 3.8) is 0 Å².